The van der Waals surface area contributed by atoms with E-state index in [0.29, 0.717) is 0 Å². The number of anilines is 3. The van der Waals surface area contributed by atoms with Gasteiger partial charge in [-0.15, -0.1) is 0 Å². The minimum absolute atomic E-state index is 0.250. The van der Waals surface area contributed by atoms with E-state index in [1.807, 2.05) is 0 Å². The largest absolute Gasteiger partial charge is 0.455 e. The molecule has 0 aliphatic heterocycles. The van der Waals surface area contributed by atoms with Gasteiger partial charge >= 0.3 is 0 Å². The summed E-state index contributed by atoms with van der Waals surface area (Å²) in [5.41, 5.74) is -5.92. The number of hydrogen-bond acceptors (Lipinski definition) is 2. The van der Waals surface area contributed by atoms with Crippen LogP contribution in [0, 0.1) is 0 Å². The van der Waals surface area contributed by atoms with Gasteiger partial charge in [0.25, 0.3) is 0 Å². The molecule has 54 heavy (non-hydrogen) atoms. The molecule has 0 N–H and O–H groups in total. The zero-order chi connectivity index (χ0) is 60.2. The zero-order valence-corrected chi connectivity index (χ0v) is 27.4. The van der Waals surface area contributed by atoms with E-state index in [1.165, 1.54) is 18.2 Å². The number of furan rings is 1. The van der Waals surface area contributed by atoms with Gasteiger partial charge in [0.15, 0.2) is 0 Å². The molecule has 0 radical (unpaired) electrons. The van der Waals surface area contributed by atoms with Crippen molar-refractivity contribution in [3.05, 3.63) is 212 Å². The minimum Gasteiger partial charge on any atom is -0.455 e. The molecule has 0 saturated heterocycles. The first kappa shape index (κ1) is 14.0. The summed E-state index contributed by atoms with van der Waals surface area (Å²) >= 11 is 0. The van der Waals surface area contributed by atoms with Gasteiger partial charge in [-0.3, -0.25) is 0 Å². The average molecular weight is 718 g/mol. The molecule has 2 heteroatoms. The third-order valence-electron chi connectivity index (χ3n) is 8.48. The van der Waals surface area contributed by atoms with Crippen molar-refractivity contribution in [3.8, 4) is 44.5 Å². The summed E-state index contributed by atoms with van der Waals surface area (Å²) in [6, 6.07) is -13.2. The molecule has 1 heterocycles. The quantitative estimate of drug-likeness (QED) is 0.163. The second kappa shape index (κ2) is 13.4. The van der Waals surface area contributed by atoms with Crippen molar-refractivity contribution in [2.75, 3.05) is 4.90 Å². The molecule has 0 amide bonds. The molecular weight excluding hydrogens is 655 g/mol. The third-order valence-corrected chi connectivity index (χ3v) is 8.48. The highest BCUT2D eigenvalue weighted by atomic mass is 16.3. The molecule has 9 aromatic carbocycles. The molecule has 0 aliphatic rings. The highest BCUT2D eigenvalue weighted by Crippen LogP contribution is 2.45. The Balaban J connectivity index is 1.38. The second-order valence-corrected chi connectivity index (χ2v) is 11.6. The molecule has 10 rings (SSSR count). The van der Waals surface area contributed by atoms with Crippen LogP contribution >= 0.6 is 0 Å². The molecule has 0 bridgehead atoms. The maximum atomic E-state index is 9.99. The molecule has 0 spiro atoms. The standard InChI is InChI=1S/C52H35NO/c1-4-14-36(15-5-1)41-28-33-50(49(34-41)39-18-8-3-9-19-39)53(42-29-26-40(27-30-42)45-23-12-21-37-20-10-11-22-44(37)45)43-31-32-47-48-25-13-24-46(38-16-6-2-7-17-38)52(48)54-51(47)35-43/h1-35H/i1D,2D,3D,4D,5D,6D,7D,8D,10D,11D,12D,13D,14D,15D,16D,17D,18D,20D,21D,22D,23D,24D,25D,26D,28D,32D,33D,35D. The molecular formula is C52H35NO. The first-order valence-electron chi connectivity index (χ1n) is 30.1. The fourth-order valence-electron chi connectivity index (χ4n) is 6.06. The molecule has 0 atom stereocenters. The van der Waals surface area contributed by atoms with Crippen LogP contribution in [0.1, 0.15) is 38.4 Å². The summed E-state index contributed by atoms with van der Waals surface area (Å²) in [6.07, 6.45) is 0. The molecule has 254 valence electrons. The predicted molar refractivity (Wildman–Crippen MR) is 228 cm³/mol. The van der Waals surface area contributed by atoms with Crippen LogP contribution in [0.25, 0.3) is 77.2 Å². The van der Waals surface area contributed by atoms with E-state index in [1.54, 1.807) is 0 Å². The Morgan fingerprint density at radius 2 is 1.09 bits per heavy atom. The van der Waals surface area contributed by atoms with Crippen molar-refractivity contribution in [1.29, 1.82) is 0 Å². The van der Waals surface area contributed by atoms with E-state index in [4.69, 9.17) is 34.6 Å². The second-order valence-electron chi connectivity index (χ2n) is 11.6. The van der Waals surface area contributed by atoms with Crippen LogP contribution in [0.5, 0.6) is 0 Å². The van der Waals surface area contributed by atoms with Gasteiger partial charge in [-0.1, -0.05) is 169 Å². The van der Waals surface area contributed by atoms with E-state index >= 15 is 0 Å². The molecule has 2 nitrogen and oxygen atoms in total. The van der Waals surface area contributed by atoms with Gasteiger partial charge in [-0.25, -0.2) is 0 Å². The molecule has 0 aliphatic carbocycles. The van der Waals surface area contributed by atoms with E-state index in [-0.39, 0.29) is 38.7 Å². The van der Waals surface area contributed by atoms with E-state index in [2.05, 4.69) is 0 Å². The SMILES string of the molecule is [2H]c1cc(N(c2cc([2H])c3c(oc4c(-c5c([2H])c([2H])c([2H])c([2H])c5[2H])c([2H])c([2H])c([2H])c43)c2[2H])c2c(-c3ccc([2H])c([2H])c3[2H])cc(-c3c([2H])c([2H])c([2H])c([2H])c3[2H])c([2H])c2[2H])ccc1-c1c([2H])c([2H])c([2H])c2c([2H])c([2H])c([2H])c([2H])c12. The maximum absolute atomic E-state index is 9.99. The monoisotopic (exact) mass is 717 g/mol. The number of fused-ring (bicyclic) bond motifs is 4. The fourth-order valence-corrected chi connectivity index (χ4v) is 6.06. The number of para-hydroxylation sites is 1. The van der Waals surface area contributed by atoms with Crippen LogP contribution in [-0.4, -0.2) is 0 Å². The number of hydrogen-bond donors (Lipinski definition) is 0. The van der Waals surface area contributed by atoms with Gasteiger partial charge in [0.05, 0.1) is 44.1 Å². The summed E-state index contributed by atoms with van der Waals surface area (Å²) in [6.45, 7) is 0. The van der Waals surface area contributed by atoms with E-state index in [9.17, 15) is 8.22 Å². The Hall–Kier alpha value is -7.16. The van der Waals surface area contributed by atoms with Crippen LogP contribution in [0.15, 0.2) is 216 Å². The molecule has 0 unspecified atom stereocenters. The summed E-state index contributed by atoms with van der Waals surface area (Å²) in [4.78, 5) is 1.02. The van der Waals surface area contributed by atoms with Crippen molar-refractivity contribution in [2.24, 2.45) is 0 Å². The average Bonchev–Trinajstić information content (AvgIpc) is 1.81. The minimum atomic E-state index is -0.888. The number of benzene rings is 9. The lowest BCUT2D eigenvalue weighted by Crippen LogP contribution is -2.11. The Kier molecular flexibility index (Phi) is 3.48. The first-order chi connectivity index (χ1) is 38.4. The Bertz CT molecular complexity index is 4510. The number of rotatable bonds is 7. The molecule has 0 saturated carbocycles. The van der Waals surface area contributed by atoms with Crippen molar-refractivity contribution in [1.82, 2.24) is 0 Å². The van der Waals surface area contributed by atoms with Crippen LogP contribution < -0.4 is 4.90 Å². The Labute approximate surface area is 354 Å². The van der Waals surface area contributed by atoms with Gasteiger partial charge in [-0.05, 0) is 80.5 Å². The normalized spacial score (nSPS) is 18.6. The van der Waals surface area contributed by atoms with Crippen molar-refractivity contribution >= 4 is 49.8 Å². The predicted octanol–water partition coefficient (Wildman–Crippen LogP) is 14.9. The summed E-state index contributed by atoms with van der Waals surface area (Å²) in [5, 5.41) is -1.58. The lowest BCUT2D eigenvalue weighted by Gasteiger charge is -2.28. The van der Waals surface area contributed by atoms with Gasteiger partial charge in [0, 0.05) is 39.3 Å². The van der Waals surface area contributed by atoms with Crippen LogP contribution in [0.2, 0.25) is 0 Å². The van der Waals surface area contributed by atoms with Crippen molar-refractivity contribution in [3.63, 3.8) is 0 Å². The Morgan fingerprint density at radius 3 is 1.96 bits per heavy atom. The zero-order valence-electron chi connectivity index (χ0n) is 55.4. The van der Waals surface area contributed by atoms with E-state index < -0.39 is 225 Å². The topological polar surface area (TPSA) is 16.4 Å². The van der Waals surface area contributed by atoms with Gasteiger partial charge in [0.2, 0.25) is 0 Å². The summed E-state index contributed by atoms with van der Waals surface area (Å²) in [7, 11) is 0. The molecule has 10 aromatic rings. The van der Waals surface area contributed by atoms with Gasteiger partial charge < -0.3 is 9.32 Å². The summed E-state index contributed by atoms with van der Waals surface area (Å²) in [5.74, 6) is 0. The fraction of sp³-hybridized carbons (Fsp3) is 0. The molecule has 0 fully saturated rings. The molecule has 1 aromatic heterocycles. The van der Waals surface area contributed by atoms with Gasteiger partial charge in [-0.2, -0.15) is 0 Å². The smallest absolute Gasteiger partial charge is 0.143 e. The van der Waals surface area contributed by atoms with E-state index in [0.717, 1.165) is 29.2 Å². The van der Waals surface area contributed by atoms with Crippen LogP contribution in [-0.2, 0) is 0 Å². The van der Waals surface area contributed by atoms with Crippen LogP contribution in [0.3, 0.4) is 0 Å². The third kappa shape index (κ3) is 5.62. The highest BCUT2D eigenvalue weighted by molar-refractivity contribution is 6.10. The number of nitrogens with zero attached hydrogens (tertiary/aromatic N) is 1. The lowest BCUT2D eigenvalue weighted by molar-refractivity contribution is 0.670. The maximum Gasteiger partial charge on any atom is 0.143 e. The van der Waals surface area contributed by atoms with Gasteiger partial charge in [0.1, 0.15) is 11.2 Å². The first-order valence-corrected chi connectivity index (χ1v) is 16.1. The Morgan fingerprint density at radius 1 is 0.407 bits per heavy atom. The van der Waals surface area contributed by atoms with Crippen molar-refractivity contribution < 1.29 is 42.8 Å². The highest BCUT2D eigenvalue weighted by Gasteiger charge is 2.21. The lowest BCUT2D eigenvalue weighted by atomic mass is 9.95. The van der Waals surface area contributed by atoms with Crippen LogP contribution in [0.4, 0.5) is 17.1 Å². The summed E-state index contributed by atoms with van der Waals surface area (Å²) < 4.78 is 254. The van der Waals surface area contributed by atoms with Crippen molar-refractivity contribution in [2.45, 2.75) is 0 Å².